The number of hydrogen-bond donors (Lipinski definition) is 0. The van der Waals surface area contributed by atoms with Gasteiger partial charge >= 0.3 is 5.63 Å². The van der Waals surface area contributed by atoms with E-state index in [9.17, 15) is 14.4 Å². The van der Waals surface area contributed by atoms with Crippen LogP contribution in [0.15, 0.2) is 57.8 Å². The van der Waals surface area contributed by atoms with Crippen LogP contribution in [0.3, 0.4) is 0 Å². The Bertz CT molecular complexity index is 1130. The molecule has 0 saturated heterocycles. The molecule has 0 N–H and O–H groups in total. The predicted molar refractivity (Wildman–Crippen MR) is 102 cm³/mol. The minimum absolute atomic E-state index is 0.111. The molecule has 0 aliphatic carbocycles. The maximum atomic E-state index is 12.5. The summed E-state index contributed by atoms with van der Waals surface area (Å²) >= 11 is 0. The van der Waals surface area contributed by atoms with E-state index in [1.165, 1.54) is 38.5 Å². The first-order valence-electron chi connectivity index (χ1n) is 8.18. The van der Waals surface area contributed by atoms with E-state index >= 15 is 0 Å². The third kappa shape index (κ3) is 3.93. The summed E-state index contributed by atoms with van der Waals surface area (Å²) in [5.41, 5.74) is -0.0763. The molecule has 1 heterocycles. The van der Waals surface area contributed by atoms with E-state index < -0.39 is 11.4 Å². The molecule has 0 bridgehead atoms. The van der Waals surface area contributed by atoms with E-state index in [1.807, 2.05) is 0 Å². The van der Waals surface area contributed by atoms with Gasteiger partial charge in [-0.3, -0.25) is 9.59 Å². The lowest BCUT2D eigenvalue weighted by Crippen LogP contribution is -2.12. The van der Waals surface area contributed by atoms with Crippen molar-refractivity contribution >= 4 is 29.3 Å². The largest absolute Gasteiger partial charge is 0.497 e. The van der Waals surface area contributed by atoms with Crippen LogP contribution < -0.4 is 19.8 Å². The minimum atomic E-state index is -0.755. The molecular formula is C21H16O7. The highest BCUT2D eigenvalue weighted by atomic mass is 16.5. The van der Waals surface area contributed by atoms with Crippen LogP contribution in [0.2, 0.25) is 0 Å². The summed E-state index contributed by atoms with van der Waals surface area (Å²) in [5, 5.41) is 0.589. The molecule has 0 aliphatic rings. The number of carbonyl (C=O) groups excluding carboxylic acids is 2. The molecule has 1 aromatic heterocycles. The predicted octanol–water partition coefficient (Wildman–Crippen LogP) is 3.24. The zero-order valence-corrected chi connectivity index (χ0v) is 15.1. The zero-order valence-electron chi connectivity index (χ0n) is 15.1. The van der Waals surface area contributed by atoms with Crippen LogP contribution in [0.25, 0.3) is 17.0 Å². The lowest BCUT2D eigenvalue weighted by atomic mass is 10.1. The second-order valence-corrected chi connectivity index (χ2v) is 5.67. The average Bonchev–Trinajstić information content (AvgIpc) is 2.71. The summed E-state index contributed by atoms with van der Waals surface area (Å²) in [5.74, 6) is 0.707. The van der Waals surface area contributed by atoms with Gasteiger partial charge in [0.05, 0.1) is 14.2 Å². The molecule has 28 heavy (non-hydrogen) atoms. The van der Waals surface area contributed by atoms with Crippen molar-refractivity contribution in [3.63, 3.8) is 0 Å². The first-order valence-corrected chi connectivity index (χ1v) is 8.18. The Morgan fingerprint density at radius 1 is 1.00 bits per heavy atom. The fraction of sp³-hybridized carbons (Fsp3) is 0.0952. The Balaban J connectivity index is 1.93. The maximum absolute atomic E-state index is 12.5. The van der Waals surface area contributed by atoms with Crippen LogP contribution in [0, 0.1) is 0 Å². The summed E-state index contributed by atoms with van der Waals surface area (Å²) in [6, 6.07) is 11.2. The molecule has 142 valence electrons. The molecule has 0 radical (unpaired) electrons. The molecule has 0 aliphatic heterocycles. The number of allylic oxidation sites excluding steroid dienone is 1. The van der Waals surface area contributed by atoms with Crippen LogP contribution >= 0.6 is 0 Å². The van der Waals surface area contributed by atoms with Crippen molar-refractivity contribution in [3.05, 3.63) is 70.1 Å². The van der Waals surface area contributed by atoms with E-state index in [0.29, 0.717) is 28.0 Å². The van der Waals surface area contributed by atoms with Gasteiger partial charge in [0.1, 0.15) is 28.4 Å². The van der Waals surface area contributed by atoms with Gasteiger partial charge < -0.3 is 18.6 Å². The molecule has 7 heteroatoms. The minimum Gasteiger partial charge on any atom is -0.497 e. The van der Waals surface area contributed by atoms with Gasteiger partial charge in [0.15, 0.2) is 5.78 Å². The third-order valence-corrected chi connectivity index (χ3v) is 4.02. The summed E-state index contributed by atoms with van der Waals surface area (Å²) < 4.78 is 20.3. The number of ether oxygens (including phenoxy) is 3. The second kappa shape index (κ2) is 8.22. The molecule has 7 nitrogen and oxygen atoms in total. The van der Waals surface area contributed by atoms with Gasteiger partial charge in [-0.05, 0) is 42.5 Å². The number of hydrogen-bond acceptors (Lipinski definition) is 7. The van der Waals surface area contributed by atoms with Crippen molar-refractivity contribution in [2.24, 2.45) is 0 Å². The number of rotatable bonds is 7. The molecule has 2 aromatic carbocycles. The van der Waals surface area contributed by atoms with Crippen LogP contribution in [0.5, 0.6) is 17.2 Å². The number of benzene rings is 2. The van der Waals surface area contributed by atoms with Crippen molar-refractivity contribution in [3.8, 4) is 17.2 Å². The molecule has 0 atom stereocenters. The highest BCUT2D eigenvalue weighted by Gasteiger charge is 2.12. The van der Waals surface area contributed by atoms with E-state index in [1.54, 1.807) is 30.3 Å². The number of methoxy groups -OCH3 is 2. The molecule has 3 aromatic rings. The van der Waals surface area contributed by atoms with Gasteiger partial charge in [-0.2, -0.15) is 0 Å². The zero-order chi connectivity index (χ0) is 20.1. The SMILES string of the molecule is COc1ccc(/C=C/C(=O)c2cc3ccc(OC)cc3oc2=O)c(OC=O)c1. The van der Waals surface area contributed by atoms with E-state index in [0.717, 1.165) is 0 Å². The Morgan fingerprint density at radius 2 is 1.71 bits per heavy atom. The summed E-state index contributed by atoms with van der Waals surface area (Å²) in [6.45, 7) is 0.278. The van der Waals surface area contributed by atoms with Crippen molar-refractivity contribution in [2.75, 3.05) is 14.2 Å². The second-order valence-electron chi connectivity index (χ2n) is 5.67. The van der Waals surface area contributed by atoms with Crippen molar-refractivity contribution in [2.45, 2.75) is 0 Å². The number of fused-ring (bicyclic) bond motifs is 1. The first-order chi connectivity index (χ1) is 13.5. The molecule has 3 rings (SSSR count). The molecule has 0 fully saturated rings. The summed E-state index contributed by atoms with van der Waals surface area (Å²) in [4.78, 5) is 35.4. The summed E-state index contributed by atoms with van der Waals surface area (Å²) in [6.07, 6.45) is 2.65. The quantitative estimate of drug-likeness (QED) is 0.269. The van der Waals surface area contributed by atoms with E-state index in [4.69, 9.17) is 18.6 Å². The number of ketones is 1. The smallest absolute Gasteiger partial charge is 0.347 e. The fourth-order valence-electron chi connectivity index (χ4n) is 2.58. The van der Waals surface area contributed by atoms with Gasteiger partial charge in [-0.15, -0.1) is 0 Å². The molecule has 0 saturated carbocycles. The van der Waals surface area contributed by atoms with Gasteiger partial charge in [0.25, 0.3) is 6.47 Å². The Kier molecular flexibility index (Phi) is 5.55. The Labute approximate surface area is 159 Å². The number of carbonyl (C=O) groups is 2. The highest BCUT2D eigenvalue weighted by Crippen LogP contribution is 2.26. The topological polar surface area (TPSA) is 92.0 Å². The maximum Gasteiger partial charge on any atom is 0.347 e. The first kappa shape index (κ1) is 18.9. The monoisotopic (exact) mass is 380 g/mol. The summed E-state index contributed by atoms with van der Waals surface area (Å²) in [7, 11) is 2.98. The average molecular weight is 380 g/mol. The Morgan fingerprint density at radius 3 is 2.43 bits per heavy atom. The molecule has 0 amide bonds. The standard InChI is InChI=1S/C21H16O7/c1-25-15-6-3-13(19(10-15)27-12-22)5-8-18(23)17-9-14-4-7-16(26-2)11-20(14)28-21(17)24/h3-12H,1-2H3/b8-5+. The van der Waals surface area contributed by atoms with Crippen molar-refractivity contribution < 1.29 is 28.2 Å². The Hall–Kier alpha value is -3.87. The van der Waals surface area contributed by atoms with Crippen LogP contribution in [0.4, 0.5) is 0 Å². The fourth-order valence-corrected chi connectivity index (χ4v) is 2.58. The van der Waals surface area contributed by atoms with Gasteiger partial charge in [-0.1, -0.05) is 0 Å². The van der Waals surface area contributed by atoms with Gasteiger partial charge in [0, 0.05) is 23.1 Å². The van der Waals surface area contributed by atoms with E-state index in [2.05, 4.69) is 0 Å². The lowest BCUT2D eigenvalue weighted by Gasteiger charge is -2.06. The van der Waals surface area contributed by atoms with Crippen LogP contribution in [-0.4, -0.2) is 26.5 Å². The normalized spacial score (nSPS) is 10.8. The molecular weight excluding hydrogens is 364 g/mol. The van der Waals surface area contributed by atoms with Gasteiger partial charge in [-0.25, -0.2) is 4.79 Å². The van der Waals surface area contributed by atoms with Crippen LogP contribution in [0.1, 0.15) is 15.9 Å². The van der Waals surface area contributed by atoms with Gasteiger partial charge in [0.2, 0.25) is 0 Å². The van der Waals surface area contributed by atoms with E-state index in [-0.39, 0.29) is 17.8 Å². The van der Waals surface area contributed by atoms with Crippen LogP contribution in [-0.2, 0) is 4.79 Å². The molecule has 0 spiro atoms. The third-order valence-electron chi connectivity index (χ3n) is 4.02. The van der Waals surface area contributed by atoms with Crippen molar-refractivity contribution in [1.82, 2.24) is 0 Å². The lowest BCUT2D eigenvalue weighted by molar-refractivity contribution is -0.120. The highest BCUT2D eigenvalue weighted by molar-refractivity contribution is 6.08. The molecule has 0 unspecified atom stereocenters. The van der Waals surface area contributed by atoms with Crippen molar-refractivity contribution in [1.29, 1.82) is 0 Å².